The second kappa shape index (κ2) is 8.13. The molecule has 1 spiro atoms. The predicted molar refractivity (Wildman–Crippen MR) is 101 cm³/mol. The number of nitrogens with zero attached hydrogens (tertiary/aromatic N) is 2. The fourth-order valence-corrected chi connectivity index (χ4v) is 4.37. The quantitative estimate of drug-likeness (QED) is 0.720. The number of hydrogen-bond acceptors (Lipinski definition) is 4. The third-order valence-corrected chi connectivity index (χ3v) is 6.43. The van der Waals surface area contributed by atoms with Gasteiger partial charge in [0, 0.05) is 25.2 Å². The van der Waals surface area contributed by atoms with Crippen LogP contribution in [-0.4, -0.2) is 64.9 Å². The SMILES string of the molecule is CCC1CCC2(CC1)NC(=O)N(CC(=O)N1CCNC(C)C1C)C2=O.Cl. The van der Waals surface area contributed by atoms with Crippen LogP contribution in [0.1, 0.15) is 52.9 Å². The molecular formula is C18H31ClN4O3. The highest BCUT2D eigenvalue weighted by atomic mass is 35.5. The van der Waals surface area contributed by atoms with Gasteiger partial charge in [-0.1, -0.05) is 13.3 Å². The van der Waals surface area contributed by atoms with Crippen molar-refractivity contribution >= 4 is 30.3 Å². The van der Waals surface area contributed by atoms with Crippen molar-refractivity contribution < 1.29 is 14.4 Å². The number of urea groups is 1. The molecule has 0 aromatic rings. The van der Waals surface area contributed by atoms with Gasteiger partial charge >= 0.3 is 6.03 Å². The van der Waals surface area contributed by atoms with E-state index in [4.69, 9.17) is 0 Å². The smallest absolute Gasteiger partial charge is 0.325 e. The fraction of sp³-hybridized carbons (Fsp3) is 0.833. The first-order chi connectivity index (χ1) is 11.9. The maximum absolute atomic E-state index is 12.9. The van der Waals surface area contributed by atoms with E-state index >= 15 is 0 Å². The zero-order valence-electron chi connectivity index (χ0n) is 15.9. The Kier molecular flexibility index (Phi) is 6.55. The van der Waals surface area contributed by atoms with Crippen molar-refractivity contribution in [2.75, 3.05) is 19.6 Å². The van der Waals surface area contributed by atoms with E-state index in [-0.39, 0.29) is 42.8 Å². The van der Waals surface area contributed by atoms with E-state index in [1.54, 1.807) is 4.90 Å². The van der Waals surface area contributed by atoms with Crippen molar-refractivity contribution in [3.05, 3.63) is 0 Å². The molecule has 2 heterocycles. The van der Waals surface area contributed by atoms with Gasteiger partial charge in [0.25, 0.3) is 5.91 Å². The molecule has 148 valence electrons. The molecule has 3 aliphatic rings. The van der Waals surface area contributed by atoms with Crippen LogP contribution in [0.2, 0.25) is 0 Å². The summed E-state index contributed by atoms with van der Waals surface area (Å²) in [6, 6.07) is -0.156. The van der Waals surface area contributed by atoms with Crippen molar-refractivity contribution in [3.63, 3.8) is 0 Å². The van der Waals surface area contributed by atoms with Crippen LogP contribution in [-0.2, 0) is 9.59 Å². The molecule has 0 aromatic carbocycles. The Labute approximate surface area is 161 Å². The van der Waals surface area contributed by atoms with E-state index in [0.29, 0.717) is 25.3 Å². The predicted octanol–water partition coefficient (Wildman–Crippen LogP) is 1.51. The lowest BCUT2D eigenvalue weighted by Crippen LogP contribution is -2.59. The van der Waals surface area contributed by atoms with Crippen LogP contribution in [0, 0.1) is 5.92 Å². The first-order valence-electron chi connectivity index (χ1n) is 9.55. The Balaban J connectivity index is 0.00000243. The van der Waals surface area contributed by atoms with Crippen LogP contribution in [0.25, 0.3) is 0 Å². The van der Waals surface area contributed by atoms with Gasteiger partial charge < -0.3 is 15.5 Å². The second-order valence-corrected chi connectivity index (χ2v) is 7.83. The summed E-state index contributed by atoms with van der Waals surface area (Å²) in [5.74, 6) is 0.272. The highest BCUT2D eigenvalue weighted by molar-refractivity contribution is 6.09. The van der Waals surface area contributed by atoms with Gasteiger partial charge in [-0.2, -0.15) is 0 Å². The molecule has 2 saturated heterocycles. The van der Waals surface area contributed by atoms with Crippen LogP contribution in [0.3, 0.4) is 0 Å². The first-order valence-corrected chi connectivity index (χ1v) is 9.55. The van der Waals surface area contributed by atoms with Gasteiger partial charge in [-0.3, -0.25) is 14.5 Å². The molecule has 4 amide bonds. The molecule has 1 aliphatic carbocycles. The largest absolute Gasteiger partial charge is 0.336 e. The minimum absolute atomic E-state index is 0. The third-order valence-electron chi connectivity index (χ3n) is 6.43. The molecule has 3 fully saturated rings. The van der Waals surface area contributed by atoms with E-state index < -0.39 is 11.6 Å². The molecule has 2 atom stereocenters. The molecule has 2 aliphatic heterocycles. The summed E-state index contributed by atoms with van der Waals surface area (Å²) in [4.78, 5) is 40.9. The summed E-state index contributed by atoms with van der Waals surface area (Å²) in [6.07, 6.45) is 4.39. The number of imide groups is 1. The van der Waals surface area contributed by atoms with Gasteiger partial charge in [-0.05, 0) is 45.4 Å². The molecule has 2 unspecified atom stereocenters. The molecule has 26 heavy (non-hydrogen) atoms. The van der Waals surface area contributed by atoms with E-state index in [0.717, 1.165) is 30.7 Å². The number of hydrogen-bond donors (Lipinski definition) is 2. The van der Waals surface area contributed by atoms with E-state index in [2.05, 4.69) is 17.6 Å². The van der Waals surface area contributed by atoms with E-state index in [1.807, 2.05) is 13.8 Å². The third kappa shape index (κ3) is 3.69. The van der Waals surface area contributed by atoms with Crippen LogP contribution in [0.4, 0.5) is 4.79 Å². The minimum atomic E-state index is -0.772. The Morgan fingerprint density at radius 3 is 2.50 bits per heavy atom. The minimum Gasteiger partial charge on any atom is -0.336 e. The lowest BCUT2D eigenvalue weighted by molar-refractivity contribution is -0.141. The number of carbonyl (C=O) groups excluding carboxylic acids is 3. The topological polar surface area (TPSA) is 81.8 Å². The molecular weight excluding hydrogens is 356 g/mol. The number of rotatable bonds is 3. The summed E-state index contributed by atoms with van der Waals surface area (Å²) in [5, 5.41) is 6.23. The number of carbonyl (C=O) groups is 3. The molecule has 0 radical (unpaired) electrons. The number of amides is 4. The summed E-state index contributed by atoms with van der Waals surface area (Å²) in [7, 11) is 0. The van der Waals surface area contributed by atoms with Crippen LogP contribution >= 0.6 is 12.4 Å². The second-order valence-electron chi connectivity index (χ2n) is 7.83. The Bertz CT molecular complexity index is 563. The normalized spacial score (nSPS) is 34.7. The summed E-state index contributed by atoms with van der Waals surface area (Å²) < 4.78 is 0. The molecule has 0 aromatic heterocycles. The maximum atomic E-state index is 12.9. The highest BCUT2D eigenvalue weighted by Crippen LogP contribution is 2.37. The van der Waals surface area contributed by atoms with Crippen molar-refractivity contribution in [2.24, 2.45) is 5.92 Å². The molecule has 8 heteroatoms. The van der Waals surface area contributed by atoms with Gasteiger partial charge in [-0.25, -0.2) is 4.79 Å². The zero-order chi connectivity index (χ0) is 18.2. The van der Waals surface area contributed by atoms with Crippen LogP contribution < -0.4 is 10.6 Å². The van der Waals surface area contributed by atoms with Gasteiger partial charge in [0.15, 0.2) is 0 Å². The van der Waals surface area contributed by atoms with Crippen LogP contribution in [0.5, 0.6) is 0 Å². The van der Waals surface area contributed by atoms with Gasteiger partial charge in [0.1, 0.15) is 12.1 Å². The van der Waals surface area contributed by atoms with Gasteiger partial charge in [0.2, 0.25) is 5.91 Å². The van der Waals surface area contributed by atoms with Crippen LogP contribution in [0.15, 0.2) is 0 Å². The lowest BCUT2D eigenvalue weighted by atomic mass is 9.75. The van der Waals surface area contributed by atoms with Crippen molar-refractivity contribution in [1.29, 1.82) is 0 Å². The Hall–Kier alpha value is -1.34. The van der Waals surface area contributed by atoms with Gasteiger partial charge in [0.05, 0.1) is 0 Å². The summed E-state index contributed by atoms with van der Waals surface area (Å²) >= 11 is 0. The van der Waals surface area contributed by atoms with Crippen molar-refractivity contribution in [3.8, 4) is 0 Å². The Morgan fingerprint density at radius 1 is 1.23 bits per heavy atom. The average molecular weight is 387 g/mol. The average Bonchev–Trinajstić information content (AvgIpc) is 2.82. The zero-order valence-corrected chi connectivity index (χ0v) is 16.7. The molecule has 2 N–H and O–H groups in total. The number of halogens is 1. The monoisotopic (exact) mass is 386 g/mol. The molecule has 7 nitrogen and oxygen atoms in total. The Morgan fingerprint density at radius 2 is 1.88 bits per heavy atom. The summed E-state index contributed by atoms with van der Waals surface area (Å²) in [5.41, 5.74) is -0.772. The molecule has 1 saturated carbocycles. The van der Waals surface area contributed by atoms with Crippen molar-refractivity contribution in [1.82, 2.24) is 20.4 Å². The van der Waals surface area contributed by atoms with E-state index in [9.17, 15) is 14.4 Å². The fourth-order valence-electron chi connectivity index (χ4n) is 4.37. The highest BCUT2D eigenvalue weighted by Gasteiger charge is 2.52. The maximum Gasteiger partial charge on any atom is 0.325 e. The lowest BCUT2D eigenvalue weighted by Gasteiger charge is -2.39. The standard InChI is InChI=1S/C18H30N4O3.ClH/c1-4-14-5-7-18(8-6-14)16(24)22(17(25)20-18)11-15(23)21-10-9-19-12(2)13(21)3;/h12-14,19H,4-11H2,1-3H3,(H,20,25);1H. The number of nitrogens with one attached hydrogen (secondary N) is 2. The molecule has 0 bridgehead atoms. The van der Waals surface area contributed by atoms with E-state index in [1.165, 1.54) is 0 Å². The van der Waals surface area contributed by atoms with Crippen molar-refractivity contribution in [2.45, 2.75) is 70.5 Å². The summed E-state index contributed by atoms with van der Waals surface area (Å²) in [6.45, 7) is 7.39. The number of piperazine rings is 1. The van der Waals surface area contributed by atoms with Gasteiger partial charge in [-0.15, -0.1) is 12.4 Å². The first kappa shape index (κ1) is 21.0. The molecule has 3 rings (SSSR count).